The van der Waals surface area contributed by atoms with Gasteiger partial charge in [0.2, 0.25) is 10.0 Å². The second-order valence-electron chi connectivity index (χ2n) is 5.89. The molecule has 1 aromatic heterocycles. The van der Waals surface area contributed by atoms with Crippen molar-refractivity contribution in [2.24, 2.45) is 5.14 Å². The lowest BCUT2D eigenvalue weighted by Crippen LogP contribution is -2.42. The average molecular weight is 386 g/mol. The van der Waals surface area contributed by atoms with Gasteiger partial charge in [-0.3, -0.25) is 0 Å². The molecule has 5 nitrogen and oxygen atoms in total. The Morgan fingerprint density at radius 2 is 1.83 bits per heavy atom. The van der Waals surface area contributed by atoms with Crippen molar-refractivity contribution < 1.29 is 8.42 Å². The predicted octanol–water partition coefficient (Wildman–Crippen LogP) is 2.81. The van der Waals surface area contributed by atoms with Crippen LogP contribution in [0.2, 0.25) is 4.34 Å². The molecule has 0 spiro atoms. The Morgan fingerprint density at radius 1 is 1.17 bits per heavy atom. The SMILES string of the molecule is NS(=O)(=O)c1ccc(N2CCC(NCc3ccc(Cl)s3)CC2)cc1. The van der Waals surface area contributed by atoms with Gasteiger partial charge in [0.05, 0.1) is 9.23 Å². The Hall–Kier alpha value is -1.12. The molecule has 24 heavy (non-hydrogen) atoms. The van der Waals surface area contributed by atoms with Crippen molar-refractivity contribution in [3.05, 3.63) is 45.6 Å². The van der Waals surface area contributed by atoms with E-state index >= 15 is 0 Å². The second kappa shape index (κ2) is 7.41. The molecule has 0 aliphatic carbocycles. The highest BCUT2D eigenvalue weighted by atomic mass is 35.5. The summed E-state index contributed by atoms with van der Waals surface area (Å²) in [5.74, 6) is 0. The number of piperidine rings is 1. The van der Waals surface area contributed by atoms with E-state index in [2.05, 4.69) is 16.3 Å². The monoisotopic (exact) mass is 385 g/mol. The van der Waals surface area contributed by atoms with E-state index in [9.17, 15) is 8.42 Å². The molecular weight excluding hydrogens is 366 g/mol. The highest BCUT2D eigenvalue weighted by Crippen LogP contribution is 2.23. The van der Waals surface area contributed by atoms with Crippen molar-refractivity contribution >= 4 is 38.6 Å². The van der Waals surface area contributed by atoms with Crippen molar-refractivity contribution in [2.75, 3.05) is 18.0 Å². The van der Waals surface area contributed by atoms with Crippen LogP contribution in [0.4, 0.5) is 5.69 Å². The summed E-state index contributed by atoms with van der Waals surface area (Å²) < 4.78 is 23.4. The fourth-order valence-corrected chi connectivity index (χ4v) is 4.43. The van der Waals surface area contributed by atoms with Crippen LogP contribution in [0.1, 0.15) is 17.7 Å². The summed E-state index contributed by atoms with van der Waals surface area (Å²) in [5, 5.41) is 8.71. The number of benzene rings is 1. The lowest BCUT2D eigenvalue weighted by molar-refractivity contribution is 0.415. The maximum absolute atomic E-state index is 11.3. The first-order valence-electron chi connectivity index (χ1n) is 7.77. The first-order chi connectivity index (χ1) is 11.4. The number of nitrogens with one attached hydrogen (secondary N) is 1. The van der Waals surface area contributed by atoms with Crippen LogP contribution in [0.25, 0.3) is 0 Å². The van der Waals surface area contributed by atoms with Crippen LogP contribution in [0.5, 0.6) is 0 Å². The number of hydrogen-bond donors (Lipinski definition) is 2. The number of nitrogens with two attached hydrogens (primary N) is 1. The van der Waals surface area contributed by atoms with Gasteiger partial charge >= 0.3 is 0 Å². The Morgan fingerprint density at radius 3 is 2.38 bits per heavy atom. The van der Waals surface area contributed by atoms with E-state index in [-0.39, 0.29) is 4.90 Å². The smallest absolute Gasteiger partial charge is 0.238 e. The van der Waals surface area contributed by atoms with Gasteiger partial charge in [0.15, 0.2) is 0 Å². The summed E-state index contributed by atoms with van der Waals surface area (Å²) in [6.45, 7) is 2.74. The molecule has 1 saturated heterocycles. The summed E-state index contributed by atoms with van der Waals surface area (Å²) in [6.07, 6.45) is 2.10. The fraction of sp³-hybridized carbons (Fsp3) is 0.375. The number of thiophene rings is 1. The molecule has 0 radical (unpaired) electrons. The molecule has 1 fully saturated rings. The molecule has 1 aliphatic heterocycles. The molecule has 2 heterocycles. The zero-order valence-electron chi connectivity index (χ0n) is 13.1. The largest absolute Gasteiger partial charge is 0.371 e. The van der Waals surface area contributed by atoms with Gasteiger partial charge in [-0.15, -0.1) is 11.3 Å². The van der Waals surface area contributed by atoms with Crippen molar-refractivity contribution in [3.63, 3.8) is 0 Å². The van der Waals surface area contributed by atoms with Gasteiger partial charge in [-0.25, -0.2) is 13.6 Å². The van der Waals surface area contributed by atoms with Gasteiger partial charge in [-0.1, -0.05) is 11.6 Å². The van der Waals surface area contributed by atoms with Crippen LogP contribution in [0, 0.1) is 0 Å². The van der Waals surface area contributed by atoms with E-state index in [0.29, 0.717) is 6.04 Å². The normalized spacial score (nSPS) is 16.5. The van der Waals surface area contributed by atoms with Crippen LogP contribution in [-0.4, -0.2) is 27.5 Å². The van der Waals surface area contributed by atoms with Crippen LogP contribution in [-0.2, 0) is 16.6 Å². The topological polar surface area (TPSA) is 75.4 Å². The van der Waals surface area contributed by atoms with E-state index in [4.69, 9.17) is 16.7 Å². The summed E-state index contributed by atoms with van der Waals surface area (Å²) in [5.41, 5.74) is 1.03. The summed E-state index contributed by atoms with van der Waals surface area (Å²) in [6, 6.07) is 11.2. The minimum atomic E-state index is -3.63. The second-order valence-corrected chi connectivity index (χ2v) is 9.25. The minimum absolute atomic E-state index is 0.150. The van der Waals surface area contributed by atoms with Gasteiger partial charge in [0.1, 0.15) is 0 Å². The average Bonchev–Trinajstić information content (AvgIpc) is 2.98. The zero-order valence-corrected chi connectivity index (χ0v) is 15.5. The molecule has 0 atom stereocenters. The minimum Gasteiger partial charge on any atom is -0.371 e. The molecule has 1 aromatic carbocycles. The molecule has 0 bridgehead atoms. The Balaban J connectivity index is 1.51. The van der Waals surface area contributed by atoms with Gasteiger partial charge in [-0.2, -0.15) is 0 Å². The van der Waals surface area contributed by atoms with Crippen LogP contribution in [0.3, 0.4) is 0 Å². The lowest BCUT2D eigenvalue weighted by Gasteiger charge is -2.34. The lowest BCUT2D eigenvalue weighted by atomic mass is 10.0. The molecule has 8 heteroatoms. The first kappa shape index (κ1) is 17.7. The van der Waals surface area contributed by atoms with Crippen molar-refractivity contribution in [1.29, 1.82) is 0 Å². The van der Waals surface area contributed by atoms with E-state index in [1.165, 1.54) is 4.88 Å². The van der Waals surface area contributed by atoms with Gasteiger partial charge in [-0.05, 0) is 49.2 Å². The molecule has 3 rings (SSSR count). The van der Waals surface area contributed by atoms with E-state index < -0.39 is 10.0 Å². The van der Waals surface area contributed by atoms with Crippen LogP contribution >= 0.6 is 22.9 Å². The molecule has 0 amide bonds. The predicted molar refractivity (Wildman–Crippen MR) is 99.2 cm³/mol. The highest BCUT2D eigenvalue weighted by molar-refractivity contribution is 7.89. The molecular formula is C16H20ClN3O2S2. The number of sulfonamides is 1. The molecule has 0 saturated carbocycles. The number of rotatable bonds is 5. The van der Waals surface area contributed by atoms with Gasteiger partial charge < -0.3 is 10.2 Å². The Labute approximate surface area is 151 Å². The standard InChI is InChI=1S/C16H20ClN3O2S2/c17-16-6-3-14(23-16)11-19-12-7-9-20(10-8-12)13-1-4-15(5-2-13)24(18,21)22/h1-6,12,19H,7-11H2,(H2,18,21,22). The van der Waals surface area contributed by atoms with Crippen LogP contribution in [0.15, 0.2) is 41.3 Å². The van der Waals surface area contributed by atoms with Crippen molar-refractivity contribution in [1.82, 2.24) is 5.32 Å². The maximum Gasteiger partial charge on any atom is 0.238 e. The van der Waals surface area contributed by atoms with E-state index in [1.54, 1.807) is 23.5 Å². The summed E-state index contributed by atoms with van der Waals surface area (Å²) in [7, 11) is -3.63. The summed E-state index contributed by atoms with van der Waals surface area (Å²) >= 11 is 7.56. The number of nitrogens with zero attached hydrogens (tertiary/aromatic N) is 1. The zero-order chi connectivity index (χ0) is 17.2. The van der Waals surface area contributed by atoms with E-state index in [1.807, 2.05) is 18.2 Å². The number of anilines is 1. The number of halogens is 1. The molecule has 0 unspecified atom stereocenters. The summed E-state index contributed by atoms with van der Waals surface area (Å²) in [4.78, 5) is 3.67. The quantitative estimate of drug-likeness (QED) is 0.829. The molecule has 3 N–H and O–H groups in total. The highest BCUT2D eigenvalue weighted by Gasteiger charge is 2.19. The van der Waals surface area contributed by atoms with E-state index in [0.717, 1.165) is 42.5 Å². The first-order valence-corrected chi connectivity index (χ1v) is 10.5. The molecule has 130 valence electrons. The van der Waals surface area contributed by atoms with Crippen molar-refractivity contribution in [2.45, 2.75) is 30.3 Å². The third kappa shape index (κ3) is 4.49. The van der Waals surface area contributed by atoms with Crippen molar-refractivity contribution in [3.8, 4) is 0 Å². The third-order valence-electron chi connectivity index (χ3n) is 4.22. The fourth-order valence-electron chi connectivity index (χ4n) is 2.88. The van der Waals surface area contributed by atoms with Crippen LogP contribution < -0.4 is 15.4 Å². The third-order valence-corrected chi connectivity index (χ3v) is 6.38. The molecule has 2 aromatic rings. The van der Waals surface area contributed by atoms with Gasteiger partial charge in [0.25, 0.3) is 0 Å². The number of hydrogen-bond acceptors (Lipinski definition) is 5. The maximum atomic E-state index is 11.3. The van der Waals surface area contributed by atoms with Gasteiger partial charge in [0, 0.05) is 36.2 Å². The Bertz CT molecular complexity index is 782. The Kier molecular flexibility index (Phi) is 5.46. The molecule has 1 aliphatic rings. The number of primary sulfonamides is 1.